The number of thiazole rings is 1. The van der Waals surface area contributed by atoms with E-state index in [0.29, 0.717) is 16.5 Å². The first-order chi connectivity index (χ1) is 9.71. The molecule has 100 valence electrons. The normalized spacial score (nSPS) is 10.4. The minimum atomic E-state index is 0.490. The Morgan fingerprint density at radius 2 is 2.30 bits per heavy atom. The van der Waals surface area contributed by atoms with Gasteiger partial charge in [0.15, 0.2) is 5.13 Å². The topological polar surface area (TPSA) is 75.8 Å². The van der Waals surface area contributed by atoms with Crippen molar-refractivity contribution in [2.75, 3.05) is 12.4 Å². The summed E-state index contributed by atoms with van der Waals surface area (Å²) < 4.78 is 7.83. The standard InChI is InChI=1S/C13H11N5OS/c1-18-12(8(6-14)7-15-18)17-13-16-10-4-3-9(19-2)5-11(10)20-13/h3-5,7H,1-2H3,(H,16,17). The van der Waals surface area contributed by atoms with Gasteiger partial charge in [0.05, 0.1) is 23.5 Å². The number of ether oxygens (including phenoxy) is 1. The zero-order chi connectivity index (χ0) is 14.1. The van der Waals surface area contributed by atoms with Gasteiger partial charge in [-0.1, -0.05) is 11.3 Å². The lowest BCUT2D eigenvalue weighted by Crippen LogP contribution is -1.99. The average molecular weight is 285 g/mol. The second-order valence-corrected chi connectivity index (χ2v) is 5.15. The molecule has 1 aromatic carbocycles. The molecule has 0 bridgehead atoms. The van der Waals surface area contributed by atoms with Crippen LogP contribution in [0.3, 0.4) is 0 Å². The largest absolute Gasteiger partial charge is 0.497 e. The number of anilines is 2. The molecule has 0 saturated heterocycles. The van der Waals surface area contributed by atoms with E-state index in [1.165, 1.54) is 17.5 Å². The van der Waals surface area contributed by atoms with E-state index in [1.807, 2.05) is 18.2 Å². The van der Waals surface area contributed by atoms with Crippen LogP contribution in [0.5, 0.6) is 5.75 Å². The number of rotatable bonds is 3. The molecule has 0 amide bonds. The van der Waals surface area contributed by atoms with Crippen LogP contribution in [-0.4, -0.2) is 21.9 Å². The summed E-state index contributed by atoms with van der Waals surface area (Å²) in [4.78, 5) is 4.48. The van der Waals surface area contributed by atoms with Crippen molar-refractivity contribution in [2.24, 2.45) is 7.05 Å². The first kappa shape index (κ1) is 12.4. The van der Waals surface area contributed by atoms with Crippen LogP contribution in [0.1, 0.15) is 5.56 Å². The van der Waals surface area contributed by atoms with Crippen LogP contribution in [0.2, 0.25) is 0 Å². The van der Waals surface area contributed by atoms with Crippen molar-refractivity contribution in [2.45, 2.75) is 0 Å². The summed E-state index contributed by atoms with van der Waals surface area (Å²) in [6, 6.07) is 7.82. The van der Waals surface area contributed by atoms with Gasteiger partial charge in [0, 0.05) is 7.05 Å². The van der Waals surface area contributed by atoms with Gasteiger partial charge in [0.25, 0.3) is 0 Å². The van der Waals surface area contributed by atoms with Crippen LogP contribution >= 0.6 is 11.3 Å². The fraction of sp³-hybridized carbons (Fsp3) is 0.154. The van der Waals surface area contributed by atoms with Crippen LogP contribution < -0.4 is 10.1 Å². The number of benzene rings is 1. The molecule has 0 fully saturated rings. The van der Waals surface area contributed by atoms with Gasteiger partial charge in [0.2, 0.25) is 0 Å². The van der Waals surface area contributed by atoms with Gasteiger partial charge in [-0.2, -0.15) is 10.4 Å². The van der Waals surface area contributed by atoms with Gasteiger partial charge >= 0.3 is 0 Å². The fourth-order valence-corrected chi connectivity index (χ4v) is 2.75. The maximum Gasteiger partial charge on any atom is 0.189 e. The molecule has 7 heteroatoms. The molecule has 0 aliphatic rings. The van der Waals surface area contributed by atoms with Crippen molar-refractivity contribution in [3.8, 4) is 11.8 Å². The highest BCUT2D eigenvalue weighted by molar-refractivity contribution is 7.22. The number of hydrogen-bond donors (Lipinski definition) is 1. The molecule has 3 aromatic rings. The summed E-state index contributed by atoms with van der Waals surface area (Å²) in [6.45, 7) is 0. The van der Waals surface area contributed by atoms with Crippen molar-refractivity contribution < 1.29 is 4.74 Å². The molecule has 1 N–H and O–H groups in total. The van der Waals surface area contributed by atoms with E-state index >= 15 is 0 Å². The lowest BCUT2D eigenvalue weighted by Gasteiger charge is -2.02. The van der Waals surface area contributed by atoms with E-state index in [9.17, 15) is 0 Å². The van der Waals surface area contributed by atoms with E-state index < -0.39 is 0 Å². The van der Waals surface area contributed by atoms with Gasteiger partial charge in [-0.25, -0.2) is 4.98 Å². The molecule has 3 rings (SSSR count). The molecular formula is C13H11N5OS. The summed E-state index contributed by atoms with van der Waals surface area (Å²) in [5.74, 6) is 1.43. The monoisotopic (exact) mass is 285 g/mol. The maximum atomic E-state index is 9.04. The van der Waals surface area contributed by atoms with E-state index in [4.69, 9.17) is 10.00 Å². The summed E-state index contributed by atoms with van der Waals surface area (Å²) in [5, 5.41) is 17.0. The Labute approximate surface area is 119 Å². The molecule has 0 unspecified atom stereocenters. The van der Waals surface area contributed by atoms with Gasteiger partial charge in [-0.05, 0) is 18.2 Å². The van der Waals surface area contributed by atoms with E-state index in [0.717, 1.165) is 16.0 Å². The SMILES string of the molecule is COc1ccc2nc(Nc3c(C#N)cnn3C)sc2c1. The van der Waals surface area contributed by atoms with Crippen molar-refractivity contribution >= 4 is 32.5 Å². The quantitative estimate of drug-likeness (QED) is 0.800. The number of fused-ring (bicyclic) bond motifs is 1. The van der Waals surface area contributed by atoms with Crippen molar-refractivity contribution in [3.63, 3.8) is 0 Å². The van der Waals surface area contributed by atoms with Gasteiger partial charge in [-0.3, -0.25) is 4.68 Å². The number of nitriles is 1. The molecule has 2 aromatic heterocycles. The average Bonchev–Trinajstić information content (AvgIpc) is 3.02. The summed E-state index contributed by atoms with van der Waals surface area (Å²) in [7, 11) is 3.41. The van der Waals surface area contributed by atoms with E-state index in [2.05, 4.69) is 21.5 Å². The van der Waals surface area contributed by atoms with E-state index in [-0.39, 0.29) is 0 Å². The third-order valence-electron chi connectivity index (χ3n) is 2.88. The third kappa shape index (κ3) is 2.06. The lowest BCUT2D eigenvalue weighted by atomic mass is 10.3. The lowest BCUT2D eigenvalue weighted by molar-refractivity contribution is 0.415. The number of aromatic nitrogens is 3. The van der Waals surface area contributed by atoms with Gasteiger partial charge < -0.3 is 10.1 Å². The second kappa shape index (κ2) is 4.83. The highest BCUT2D eigenvalue weighted by atomic mass is 32.1. The first-order valence-electron chi connectivity index (χ1n) is 5.85. The Kier molecular flexibility index (Phi) is 3.00. The Morgan fingerprint density at radius 1 is 1.45 bits per heavy atom. The second-order valence-electron chi connectivity index (χ2n) is 4.12. The summed E-state index contributed by atoms with van der Waals surface area (Å²) in [5.41, 5.74) is 1.38. The predicted molar refractivity (Wildman–Crippen MR) is 77.4 cm³/mol. The minimum Gasteiger partial charge on any atom is -0.497 e. The maximum absolute atomic E-state index is 9.04. The predicted octanol–water partition coefficient (Wildman–Crippen LogP) is 2.65. The smallest absolute Gasteiger partial charge is 0.189 e. The number of aryl methyl sites for hydroxylation is 1. The molecule has 0 spiro atoms. The van der Waals surface area contributed by atoms with Crippen molar-refractivity contribution in [1.82, 2.24) is 14.8 Å². The first-order valence-corrected chi connectivity index (χ1v) is 6.66. The van der Waals surface area contributed by atoms with Crippen molar-refractivity contribution in [1.29, 1.82) is 5.26 Å². The fourth-order valence-electron chi connectivity index (χ4n) is 1.85. The minimum absolute atomic E-state index is 0.490. The molecule has 0 aliphatic carbocycles. The Bertz CT molecular complexity index is 814. The number of hydrogen-bond acceptors (Lipinski definition) is 6. The zero-order valence-corrected chi connectivity index (χ0v) is 11.7. The molecule has 0 atom stereocenters. The van der Waals surface area contributed by atoms with Crippen LogP contribution in [0.4, 0.5) is 10.9 Å². The Balaban J connectivity index is 1.99. The summed E-state index contributed by atoms with van der Waals surface area (Å²) >= 11 is 1.50. The van der Waals surface area contributed by atoms with Crippen molar-refractivity contribution in [3.05, 3.63) is 30.0 Å². The van der Waals surface area contributed by atoms with Gasteiger partial charge in [0.1, 0.15) is 23.2 Å². The molecular weight excluding hydrogens is 274 g/mol. The molecule has 0 saturated carbocycles. The van der Waals surface area contributed by atoms with E-state index in [1.54, 1.807) is 18.8 Å². The van der Waals surface area contributed by atoms with Gasteiger partial charge in [-0.15, -0.1) is 0 Å². The third-order valence-corrected chi connectivity index (χ3v) is 3.81. The molecule has 0 radical (unpaired) electrons. The van der Waals surface area contributed by atoms with Crippen LogP contribution in [-0.2, 0) is 7.05 Å². The van der Waals surface area contributed by atoms with Crippen LogP contribution in [0.15, 0.2) is 24.4 Å². The number of nitrogens with one attached hydrogen (secondary N) is 1. The zero-order valence-electron chi connectivity index (χ0n) is 10.9. The summed E-state index contributed by atoms with van der Waals surface area (Å²) in [6.07, 6.45) is 1.53. The van der Waals surface area contributed by atoms with Crippen LogP contribution in [0.25, 0.3) is 10.2 Å². The Morgan fingerprint density at radius 3 is 3.05 bits per heavy atom. The number of methoxy groups -OCH3 is 1. The highest BCUT2D eigenvalue weighted by Gasteiger charge is 2.11. The Hall–Kier alpha value is -2.59. The molecule has 20 heavy (non-hydrogen) atoms. The molecule has 6 nitrogen and oxygen atoms in total. The number of nitrogens with zero attached hydrogens (tertiary/aromatic N) is 4. The molecule has 2 heterocycles. The highest BCUT2D eigenvalue weighted by Crippen LogP contribution is 2.31. The van der Waals surface area contributed by atoms with Crippen LogP contribution in [0, 0.1) is 11.3 Å². The molecule has 0 aliphatic heterocycles.